The Morgan fingerprint density at radius 1 is 1.64 bits per heavy atom. The molecule has 0 aliphatic heterocycles. The van der Waals surface area contributed by atoms with E-state index in [1.165, 1.54) is 31.1 Å². The van der Waals surface area contributed by atoms with E-state index >= 15 is 0 Å². The van der Waals surface area contributed by atoms with E-state index in [1.807, 2.05) is 0 Å². The van der Waals surface area contributed by atoms with Gasteiger partial charge in [-0.15, -0.1) is 0 Å². The lowest BCUT2D eigenvalue weighted by molar-refractivity contribution is 0.179. The molecule has 0 spiro atoms. The monoisotopic (exact) mass is 152 g/mol. The van der Waals surface area contributed by atoms with E-state index in [4.69, 9.17) is 4.74 Å². The van der Waals surface area contributed by atoms with Crippen molar-refractivity contribution >= 4 is 0 Å². The maximum atomic E-state index is 5.14. The van der Waals surface area contributed by atoms with E-state index < -0.39 is 0 Å². The third kappa shape index (κ3) is 2.79. The lowest BCUT2D eigenvalue weighted by Gasteiger charge is -2.22. The summed E-state index contributed by atoms with van der Waals surface area (Å²) in [4.78, 5) is 0. The Balaban J connectivity index is 2.22. The number of hydrogen-bond donors (Lipinski definition) is 0. The fourth-order valence-electron chi connectivity index (χ4n) is 1.60. The highest BCUT2D eigenvalue weighted by molar-refractivity contribution is 4.99. The fourth-order valence-corrected chi connectivity index (χ4v) is 1.60. The summed E-state index contributed by atoms with van der Waals surface area (Å²) in [6.07, 6.45) is 6.45. The van der Waals surface area contributed by atoms with Gasteiger partial charge in [-0.05, 0) is 31.6 Å². The summed E-state index contributed by atoms with van der Waals surface area (Å²) in [6.45, 7) is 8.33. The molecule has 1 aliphatic rings. The number of allylic oxidation sites excluding steroid dienone is 1. The van der Waals surface area contributed by atoms with Crippen molar-refractivity contribution in [2.75, 3.05) is 6.61 Å². The summed E-state index contributed by atoms with van der Waals surface area (Å²) in [5.74, 6) is 0.689. The van der Waals surface area contributed by atoms with E-state index in [0.29, 0.717) is 5.92 Å². The van der Waals surface area contributed by atoms with E-state index in [2.05, 4.69) is 13.2 Å². The third-order valence-electron chi connectivity index (χ3n) is 2.17. The van der Waals surface area contributed by atoms with E-state index in [9.17, 15) is 0 Å². The second-order valence-electron chi connectivity index (χ2n) is 3.21. The molecule has 1 rings (SSSR count). The molecule has 1 nitrogen and oxygen atoms in total. The molecular formula is C10H16O. The van der Waals surface area contributed by atoms with Crippen molar-refractivity contribution in [1.82, 2.24) is 0 Å². The summed E-state index contributed by atoms with van der Waals surface area (Å²) < 4.78 is 5.14. The van der Waals surface area contributed by atoms with Gasteiger partial charge in [-0.25, -0.2) is 0 Å². The molecule has 0 aromatic heterocycles. The molecule has 0 radical (unpaired) electrons. The number of ether oxygens (including phenoxy) is 1. The molecule has 1 aliphatic carbocycles. The Bertz CT molecular complexity index is 149. The maximum Gasteiger partial charge on any atom is 0.0904 e. The molecule has 0 amide bonds. The second-order valence-corrected chi connectivity index (χ2v) is 3.21. The molecule has 0 bridgehead atoms. The Labute approximate surface area is 68.8 Å². The van der Waals surface area contributed by atoms with Gasteiger partial charge in [0.2, 0.25) is 0 Å². The highest BCUT2D eigenvalue weighted by atomic mass is 16.5. The van der Waals surface area contributed by atoms with Crippen LogP contribution in [0.1, 0.15) is 25.7 Å². The zero-order chi connectivity index (χ0) is 8.10. The molecule has 1 saturated carbocycles. The van der Waals surface area contributed by atoms with Gasteiger partial charge >= 0.3 is 0 Å². The van der Waals surface area contributed by atoms with Crippen molar-refractivity contribution in [2.45, 2.75) is 25.7 Å². The molecule has 0 aromatic carbocycles. The first kappa shape index (κ1) is 8.38. The van der Waals surface area contributed by atoms with Crippen LogP contribution in [0.5, 0.6) is 0 Å². The lowest BCUT2D eigenvalue weighted by atomic mass is 9.87. The van der Waals surface area contributed by atoms with Gasteiger partial charge in [0.1, 0.15) is 0 Å². The molecule has 0 aromatic rings. The average molecular weight is 152 g/mol. The van der Waals surface area contributed by atoms with Crippen LogP contribution in [0.15, 0.2) is 25.0 Å². The molecule has 1 fully saturated rings. The zero-order valence-electron chi connectivity index (χ0n) is 7.01. The largest absolute Gasteiger partial charge is 0.502 e. The summed E-state index contributed by atoms with van der Waals surface area (Å²) in [5, 5.41) is 0. The Hall–Kier alpha value is -0.720. The fraction of sp³-hybridized carbons (Fsp3) is 0.600. The Kier molecular flexibility index (Phi) is 3.21. The van der Waals surface area contributed by atoms with Crippen LogP contribution < -0.4 is 0 Å². The van der Waals surface area contributed by atoms with Crippen molar-refractivity contribution in [3.05, 3.63) is 25.0 Å². The first-order valence-electron chi connectivity index (χ1n) is 4.22. The highest BCUT2D eigenvalue weighted by Crippen LogP contribution is 2.27. The van der Waals surface area contributed by atoms with Crippen LogP contribution in [0.4, 0.5) is 0 Å². The van der Waals surface area contributed by atoms with Crippen molar-refractivity contribution in [1.29, 1.82) is 0 Å². The van der Waals surface area contributed by atoms with Gasteiger partial charge in [-0.2, -0.15) is 0 Å². The van der Waals surface area contributed by atoms with Crippen LogP contribution in [0.25, 0.3) is 0 Å². The van der Waals surface area contributed by atoms with Crippen LogP contribution in [-0.4, -0.2) is 6.61 Å². The van der Waals surface area contributed by atoms with Crippen molar-refractivity contribution < 1.29 is 4.74 Å². The molecule has 1 atom stereocenters. The van der Waals surface area contributed by atoms with Crippen molar-refractivity contribution in [3.63, 3.8) is 0 Å². The van der Waals surface area contributed by atoms with Gasteiger partial charge in [0.25, 0.3) is 0 Å². The molecule has 1 heteroatoms. The minimum absolute atomic E-state index is 0.689. The Morgan fingerprint density at radius 2 is 2.45 bits per heavy atom. The van der Waals surface area contributed by atoms with E-state index in [-0.39, 0.29) is 0 Å². The van der Waals surface area contributed by atoms with Gasteiger partial charge in [0, 0.05) is 0 Å². The first-order valence-corrected chi connectivity index (χ1v) is 4.22. The smallest absolute Gasteiger partial charge is 0.0904 e. The van der Waals surface area contributed by atoms with Crippen molar-refractivity contribution in [3.8, 4) is 0 Å². The number of rotatable bonds is 3. The van der Waals surface area contributed by atoms with E-state index in [1.54, 1.807) is 0 Å². The first-order chi connectivity index (χ1) is 5.33. The zero-order valence-corrected chi connectivity index (χ0v) is 7.01. The summed E-state index contributed by atoms with van der Waals surface area (Å²) >= 11 is 0. The van der Waals surface area contributed by atoms with Gasteiger partial charge in [0.05, 0.1) is 12.9 Å². The summed E-state index contributed by atoms with van der Waals surface area (Å²) in [6, 6.07) is 0. The van der Waals surface area contributed by atoms with Crippen LogP contribution >= 0.6 is 0 Å². The topological polar surface area (TPSA) is 9.23 Å². The summed E-state index contributed by atoms with van der Waals surface area (Å²) in [7, 11) is 0. The molecule has 0 N–H and O–H groups in total. The SMILES string of the molecule is C=COCC1CCCC(=C)C1. The highest BCUT2D eigenvalue weighted by Gasteiger charge is 2.15. The van der Waals surface area contributed by atoms with Gasteiger partial charge in [-0.1, -0.05) is 18.7 Å². The minimum Gasteiger partial charge on any atom is -0.502 e. The summed E-state index contributed by atoms with van der Waals surface area (Å²) in [5.41, 5.74) is 1.38. The molecule has 0 saturated heterocycles. The van der Waals surface area contributed by atoms with Crippen molar-refractivity contribution in [2.24, 2.45) is 5.92 Å². The Morgan fingerprint density at radius 3 is 3.09 bits per heavy atom. The predicted octanol–water partition coefficient (Wildman–Crippen LogP) is 2.89. The van der Waals surface area contributed by atoms with Crippen LogP contribution in [-0.2, 0) is 4.74 Å². The molecule has 0 heterocycles. The van der Waals surface area contributed by atoms with Gasteiger partial charge in [0.15, 0.2) is 0 Å². The standard InChI is InChI=1S/C10H16O/c1-3-11-8-10-6-4-5-9(2)7-10/h3,10H,1-2,4-8H2. The number of hydrogen-bond acceptors (Lipinski definition) is 1. The van der Waals surface area contributed by atoms with Crippen LogP contribution in [0.2, 0.25) is 0 Å². The van der Waals surface area contributed by atoms with Gasteiger partial charge < -0.3 is 4.74 Å². The molecule has 62 valence electrons. The molecule has 11 heavy (non-hydrogen) atoms. The van der Waals surface area contributed by atoms with Crippen LogP contribution in [0, 0.1) is 5.92 Å². The van der Waals surface area contributed by atoms with Crippen LogP contribution in [0.3, 0.4) is 0 Å². The normalized spacial score (nSPS) is 24.7. The second kappa shape index (κ2) is 4.22. The molecular weight excluding hydrogens is 136 g/mol. The lowest BCUT2D eigenvalue weighted by Crippen LogP contribution is -2.12. The molecule has 1 unspecified atom stereocenters. The predicted molar refractivity (Wildman–Crippen MR) is 47.2 cm³/mol. The maximum absolute atomic E-state index is 5.14. The average Bonchev–Trinajstić information content (AvgIpc) is 2.01. The third-order valence-corrected chi connectivity index (χ3v) is 2.17. The minimum atomic E-state index is 0.689. The quantitative estimate of drug-likeness (QED) is 0.446. The van der Waals surface area contributed by atoms with E-state index in [0.717, 1.165) is 13.0 Å². The van der Waals surface area contributed by atoms with Gasteiger partial charge in [-0.3, -0.25) is 0 Å².